The minimum Gasteiger partial charge on any atom is -0.383 e. The number of nitrogens with zero attached hydrogens (tertiary/aromatic N) is 4. The Hall–Kier alpha value is -1.79. The summed E-state index contributed by atoms with van der Waals surface area (Å²) in [7, 11) is 1.74. The molecule has 0 amide bonds. The van der Waals surface area contributed by atoms with Crippen molar-refractivity contribution in [2.75, 3.05) is 13.7 Å². The Morgan fingerprint density at radius 3 is 2.81 bits per heavy atom. The zero-order valence-electron chi connectivity index (χ0n) is 15.4. The predicted molar refractivity (Wildman–Crippen MR) is 105 cm³/mol. The van der Waals surface area contributed by atoms with Crippen LogP contribution in [0.1, 0.15) is 54.7 Å². The summed E-state index contributed by atoms with van der Waals surface area (Å²) in [6, 6.07) is 8.36. The largest absolute Gasteiger partial charge is 0.383 e. The van der Waals surface area contributed by atoms with E-state index in [1.54, 1.807) is 18.4 Å². The maximum atomic E-state index is 5.25. The molecular formula is C20H26N4OS. The third-order valence-corrected chi connectivity index (χ3v) is 6.22. The zero-order valence-corrected chi connectivity index (χ0v) is 16.2. The normalized spacial score (nSPS) is 15.3. The van der Waals surface area contributed by atoms with Gasteiger partial charge >= 0.3 is 0 Å². The van der Waals surface area contributed by atoms with E-state index in [-0.39, 0.29) is 0 Å². The average Bonchev–Trinajstić information content (AvgIpc) is 3.39. The Morgan fingerprint density at radius 1 is 1.15 bits per heavy atom. The monoisotopic (exact) mass is 370 g/mol. The molecule has 2 heterocycles. The predicted octanol–water partition coefficient (Wildman–Crippen LogP) is 4.37. The van der Waals surface area contributed by atoms with Crippen LogP contribution in [-0.2, 0) is 24.1 Å². The number of ether oxygens (including phenoxy) is 1. The van der Waals surface area contributed by atoms with E-state index in [1.165, 1.54) is 35.4 Å². The standard InChI is InChI=1S/C20H26N4OS/c1-25-14-13-24-18(22-20(23-24)15-7-2-3-8-15)11-6-12-19-21-16-9-4-5-10-17(16)26-19/h4-5,9-10,15H,2-3,6-8,11-14H2,1H3. The summed E-state index contributed by atoms with van der Waals surface area (Å²) < 4.78 is 8.58. The lowest BCUT2D eigenvalue weighted by Crippen LogP contribution is -2.10. The number of aryl methyl sites for hydroxylation is 2. The lowest BCUT2D eigenvalue weighted by atomic mass is 10.1. The molecule has 1 aliphatic carbocycles. The second-order valence-corrected chi connectivity index (χ2v) is 8.13. The van der Waals surface area contributed by atoms with Crippen molar-refractivity contribution in [1.29, 1.82) is 0 Å². The van der Waals surface area contributed by atoms with Gasteiger partial charge in [0.05, 0.1) is 28.4 Å². The quantitative estimate of drug-likeness (QED) is 0.591. The summed E-state index contributed by atoms with van der Waals surface area (Å²) in [5.41, 5.74) is 1.11. The summed E-state index contributed by atoms with van der Waals surface area (Å²) in [6.07, 6.45) is 8.08. The van der Waals surface area contributed by atoms with Gasteiger partial charge in [0.1, 0.15) is 5.82 Å². The van der Waals surface area contributed by atoms with Crippen LogP contribution >= 0.6 is 11.3 Å². The molecule has 0 atom stereocenters. The Morgan fingerprint density at radius 2 is 2.00 bits per heavy atom. The van der Waals surface area contributed by atoms with Crippen LogP contribution in [-0.4, -0.2) is 33.5 Å². The molecule has 0 unspecified atom stereocenters. The molecule has 1 aliphatic rings. The van der Waals surface area contributed by atoms with E-state index in [0.717, 1.165) is 43.0 Å². The highest BCUT2D eigenvalue weighted by Crippen LogP contribution is 2.32. The van der Waals surface area contributed by atoms with Gasteiger partial charge in [-0.3, -0.25) is 0 Å². The zero-order chi connectivity index (χ0) is 17.8. The molecule has 26 heavy (non-hydrogen) atoms. The van der Waals surface area contributed by atoms with Gasteiger partial charge in [-0.15, -0.1) is 11.3 Å². The maximum absolute atomic E-state index is 5.25. The first kappa shape index (κ1) is 17.6. The van der Waals surface area contributed by atoms with Crippen molar-refractivity contribution in [1.82, 2.24) is 19.7 Å². The van der Waals surface area contributed by atoms with Gasteiger partial charge in [-0.1, -0.05) is 25.0 Å². The molecule has 6 heteroatoms. The first-order valence-corrected chi connectivity index (χ1v) is 10.4. The molecule has 138 valence electrons. The van der Waals surface area contributed by atoms with E-state index in [0.29, 0.717) is 12.5 Å². The van der Waals surface area contributed by atoms with Crippen LogP contribution in [0.4, 0.5) is 0 Å². The van der Waals surface area contributed by atoms with E-state index in [1.807, 2.05) is 0 Å². The molecule has 0 aliphatic heterocycles. The third kappa shape index (κ3) is 3.96. The highest BCUT2D eigenvalue weighted by Gasteiger charge is 2.22. The smallest absolute Gasteiger partial charge is 0.154 e. The van der Waals surface area contributed by atoms with Gasteiger partial charge in [0.15, 0.2) is 5.82 Å². The first-order valence-electron chi connectivity index (χ1n) is 9.60. The van der Waals surface area contributed by atoms with Crippen LogP contribution in [0, 0.1) is 0 Å². The number of thiazole rings is 1. The molecule has 3 aromatic rings. The maximum Gasteiger partial charge on any atom is 0.154 e. The van der Waals surface area contributed by atoms with Crippen molar-refractivity contribution < 1.29 is 4.74 Å². The van der Waals surface area contributed by atoms with Crippen LogP contribution in [0.2, 0.25) is 0 Å². The minimum atomic E-state index is 0.557. The number of methoxy groups -OCH3 is 1. The molecule has 0 N–H and O–H groups in total. The van der Waals surface area contributed by atoms with Gasteiger partial charge in [0.2, 0.25) is 0 Å². The van der Waals surface area contributed by atoms with E-state index >= 15 is 0 Å². The van der Waals surface area contributed by atoms with Gasteiger partial charge in [-0.2, -0.15) is 5.10 Å². The molecule has 2 aromatic heterocycles. The molecular weight excluding hydrogens is 344 g/mol. The highest BCUT2D eigenvalue weighted by atomic mass is 32.1. The van der Waals surface area contributed by atoms with E-state index in [2.05, 4.69) is 28.9 Å². The number of hydrogen-bond donors (Lipinski definition) is 0. The number of fused-ring (bicyclic) bond motifs is 1. The van der Waals surface area contributed by atoms with Gasteiger partial charge in [0.25, 0.3) is 0 Å². The molecule has 0 spiro atoms. The van der Waals surface area contributed by atoms with Gasteiger partial charge in [-0.05, 0) is 37.8 Å². The number of para-hydroxylation sites is 1. The topological polar surface area (TPSA) is 52.8 Å². The van der Waals surface area contributed by atoms with Gasteiger partial charge < -0.3 is 4.74 Å². The Labute approximate surface area is 158 Å². The molecule has 0 radical (unpaired) electrons. The molecule has 1 saturated carbocycles. The molecule has 0 bridgehead atoms. The second kappa shape index (κ2) is 8.27. The summed E-state index contributed by atoms with van der Waals surface area (Å²) in [4.78, 5) is 9.64. The molecule has 4 rings (SSSR count). The van der Waals surface area contributed by atoms with Crippen molar-refractivity contribution in [3.8, 4) is 0 Å². The van der Waals surface area contributed by atoms with E-state index < -0.39 is 0 Å². The number of hydrogen-bond acceptors (Lipinski definition) is 5. The van der Waals surface area contributed by atoms with Crippen molar-refractivity contribution in [3.05, 3.63) is 40.9 Å². The molecule has 0 saturated heterocycles. The highest BCUT2D eigenvalue weighted by molar-refractivity contribution is 7.18. The Balaban J connectivity index is 1.42. The minimum absolute atomic E-state index is 0.557. The van der Waals surface area contributed by atoms with Crippen molar-refractivity contribution >= 4 is 21.6 Å². The fourth-order valence-electron chi connectivity index (χ4n) is 3.72. The van der Waals surface area contributed by atoms with Crippen molar-refractivity contribution in [3.63, 3.8) is 0 Å². The summed E-state index contributed by atoms with van der Waals surface area (Å²) in [6.45, 7) is 1.46. The van der Waals surface area contributed by atoms with Crippen molar-refractivity contribution in [2.45, 2.75) is 57.4 Å². The molecule has 5 nitrogen and oxygen atoms in total. The van der Waals surface area contributed by atoms with Crippen LogP contribution in [0.15, 0.2) is 24.3 Å². The third-order valence-electron chi connectivity index (χ3n) is 5.12. The number of rotatable bonds is 8. The summed E-state index contributed by atoms with van der Waals surface area (Å²) in [5.74, 6) is 2.71. The number of benzene rings is 1. The lowest BCUT2D eigenvalue weighted by Gasteiger charge is -2.04. The molecule has 1 fully saturated rings. The number of aromatic nitrogens is 4. The van der Waals surface area contributed by atoms with Crippen LogP contribution < -0.4 is 0 Å². The Bertz CT molecular complexity index is 817. The Kier molecular flexibility index (Phi) is 5.60. The van der Waals surface area contributed by atoms with E-state index in [9.17, 15) is 0 Å². The van der Waals surface area contributed by atoms with Crippen LogP contribution in [0.3, 0.4) is 0 Å². The summed E-state index contributed by atoms with van der Waals surface area (Å²) >= 11 is 1.80. The van der Waals surface area contributed by atoms with Gasteiger partial charge in [-0.25, -0.2) is 14.6 Å². The fourth-order valence-corrected chi connectivity index (χ4v) is 4.73. The first-order chi connectivity index (χ1) is 12.8. The van der Waals surface area contributed by atoms with Crippen LogP contribution in [0.5, 0.6) is 0 Å². The summed E-state index contributed by atoms with van der Waals surface area (Å²) in [5, 5.41) is 6.02. The second-order valence-electron chi connectivity index (χ2n) is 7.01. The van der Waals surface area contributed by atoms with Gasteiger partial charge in [0, 0.05) is 19.4 Å². The van der Waals surface area contributed by atoms with Crippen molar-refractivity contribution in [2.24, 2.45) is 0 Å². The average molecular weight is 371 g/mol. The van der Waals surface area contributed by atoms with E-state index in [4.69, 9.17) is 19.8 Å². The van der Waals surface area contributed by atoms with Crippen LogP contribution in [0.25, 0.3) is 10.2 Å². The fraction of sp³-hybridized carbons (Fsp3) is 0.550. The molecule has 1 aromatic carbocycles. The lowest BCUT2D eigenvalue weighted by molar-refractivity contribution is 0.182. The SMILES string of the molecule is COCCn1nc(C2CCCC2)nc1CCCc1nc2ccccc2s1.